The lowest BCUT2D eigenvalue weighted by Gasteiger charge is -2.31. The highest BCUT2D eigenvalue weighted by molar-refractivity contribution is 5.86. The largest absolute Gasteiger partial charge is 0.490 e. The fourth-order valence-corrected chi connectivity index (χ4v) is 3.60. The zero-order valence-corrected chi connectivity index (χ0v) is 13.4. The molecule has 1 saturated carbocycles. The molecule has 0 aromatic heterocycles. The van der Waals surface area contributed by atoms with E-state index in [1.165, 1.54) is 42.0 Å². The molecule has 0 amide bonds. The molecular formula is C20H26O. The Labute approximate surface area is 128 Å². The van der Waals surface area contributed by atoms with Crippen molar-refractivity contribution >= 4 is 10.8 Å². The lowest BCUT2D eigenvalue weighted by atomic mass is 9.80. The first kappa shape index (κ1) is 14.4. The van der Waals surface area contributed by atoms with Gasteiger partial charge < -0.3 is 4.74 Å². The van der Waals surface area contributed by atoms with Crippen molar-refractivity contribution in [3.05, 3.63) is 42.0 Å². The van der Waals surface area contributed by atoms with E-state index < -0.39 is 0 Å². The average Bonchev–Trinajstić information content (AvgIpc) is 2.48. The molecule has 0 saturated heterocycles. The Morgan fingerprint density at radius 1 is 1.00 bits per heavy atom. The molecule has 0 bridgehead atoms. The van der Waals surface area contributed by atoms with Crippen molar-refractivity contribution in [3.63, 3.8) is 0 Å². The van der Waals surface area contributed by atoms with Crippen LogP contribution in [0.5, 0.6) is 5.75 Å². The second kappa shape index (κ2) is 6.09. The molecule has 1 heteroatoms. The fourth-order valence-electron chi connectivity index (χ4n) is 3.60. The highest BCUT2D eigenvalue weighted by atomic mass is 16.5. The van der Waals surface area contributed by atoms with Crippen LogP contribution in [-0.2, 0) is 0 Å². The summed E-state index contributed by atoms with van der Waals surface area (Å²) in [5.74, 6) is 2.75. The van der Waals surface area contributed by atoms with E-state index in [-0.39, 0.29) is 0 Å². The third-order valence-corrected chi connectivity index (χ3v) is 5.01. The summed E-state index contributed by atoms with van der Waals surface area (Å²) >= 11 is 0. The predicted octanol–water partition coefficient (Wildman–Crippen LogP) is 5.74. The minimum absolute atomic E-state index is 0.403. The van der Waals surface area contributed by atoms with Gasteiger partial charge in [-0.05, 0) is 72.9 Å². The van der Waals surface area contributed by atoms with Crippen molar-refractivity contribution in [1.82, 2.24) is 0 Å². The molecule has 112 valence electrons. The van der Waals surface area contributed by atoms with Gasteiger partial charge in [-0.3, -0.25) is 0 Å². The van der Waals surface area contributed by atoms with Crippen LogP contribution in [0.3, 0.4) is 0 Å². The molecule has 0 spiro atoms. The van der Waals surface area contributed by atoms with Crippen molar-refractivity contribution in [2.24, 2.45) is 11.8 Å². The van der Waals surface area contributed by atoms with E-state index in [0.717, 1.165) is 17.6 Å². The van der Waals surface area contributed by atoms with Crippen LogP contribution in [0.1, 0.15) is 45.1 Å². The first-order valence-electron chi connectivity index (χ1n) is 8.29. The van der Waals surface area contributed by atoms with Crippen molar-refractivity contribution in [1.29, 1.82) is 0 Å². The van der Waals surface area contributed by atoms with E-state index in [9.17, 15) is 0 Å². The molecule has 1 fully saturated rings. The molecule has 1 aliphatic rings. The van der Waals surface area contributed by atoms with Gasteiger partial charge in [-0.2, -0.15) is 0 Å². The van der Waals surface area contributed by atoms with Crippen molar-refractivity contribution in [3.8, 4) is 5.75 Å². The van der Waals surface area contributed by atoms with E-state index in [1.54, 1.807) is 0 Å². The number of fused-ring (bicyclic) bond motifs is 1. The maximum atomic E-state index is 6.27. The Hall–Kier alpha value is -1.50. The molecule has 0 aliphatic heterocycles. The van der Waals surface area contributed by atoms with Gasteiger partial charge in [0.25, 0.3) is 0 Å². The standard InChI is InChI=1S/C20H26O/c1-14(2)16-8-10-18(11-9-16)21-19-12-15(3)20-7-5-4-6-17(20)13-19/h4-7,12-14,16,18H,8-11H2,1-3H3/t16-,18-. The molecule has 1 aliphatic carbocycles. The molecule has 3 rings (SSSR count). The van der Waals surface area contributed by atoms with Gasteiger partial charge in [-0.25, -0.2) is 0 Å². The predicted molar refractivity (Wildman–Crippen MR) is 89.9 cm³/mol. The van der Waals surface area contributed by atoms with Gasteiger partial charge >= 0.3 is 0 Å². The van der Waals surface area contributed by atoms with E-state index in [0.29, 0.717) is 6.10 Å². The van der Waals surface area contributed by atoms with Crippen LogP contribution in [0.25, 0.3) is 10.8 Å². The van der Waals surface area contributed by atoms with Crippen molar-refractivity contribution < 1.29 is 4.74 Å². The second-order valence-corrected chi connectivity index (χ2v) is 6.86. The fraction of sp³-hybridized carbons (Fsp3) is 0.500. The van der Waals surface area contributed by atoms with Gasteiger partial charge in [0, 0.05) is 0 Å². The topological polar surface area (TPSA) is 9.23 Å². The van der Waals surface area contributed by atoms with Gasteiger partial charge in [0.1, 0.15) is 5.75 Å². The summed E-state index contributed by atoms with van der Waals surface area (Å²) in [5, 5.41) is 2.61. The highest BCUT2D eigenvalue weighted by Gasteiger charge is 2.24. The summed E-state index contributed by atoms with van der Waals surface area (Å²) in [4.78, 5) is 0. The van der Waals surface area contributed by atoms with Gasteiger partial charge in [0.2, 0.25) is 0 Å². The van der Waals surface area contributed by atoms with Gasteiger partial charge in [0.05, 0.1) is 6.10 Å². The van der Waals surface area contributed by atoms with Gasteiger partial charge in [-0.15, -0.1) is 0 Å². The molecule has 0 heterocycles. The normalized spacial score (nSPS) is 22.7. The number of rotatable bonds is 3. The molecule has 21 heavy (non-hydrogen) atoms. The summed E-state index contributed by atoms with van der Waals surface area (Å²) in [5.41, 5.74) is 1.30. The van der Waals surface area contributed by atoms with Crippen molar-refractivity contribution in [2.45, 2.75) is 52.6 Å². The molecule has 0 radical (unpaired) electrons. The first-order chi connectivity index (χ1) is 10.1. The maximum absolute atomic E-state index is 6.27. The minimum atomic E-state index is 0.403. The molecular weight excluding hydrogens is 256 g/mol. The van der Waals surface area contributed by atoms with Crippen LogP contribution in [0.4, 0.5) is 0 Å². The summed E-state index contributed by atoms with van der Waals surface area (Å²) in [7, 11) is 0. The summed E-state index contributed by atoms with van der Waals surface area (Å²) in [6.07, 6.45) is 5.44. The third kappa shape index (κ3) is 3.23. The molecule has 2 aromatic carbocycles. The summed E-state index contributed by atoms with van der Waals surface area (Å²) in [6, 6.07) is 12.9. The van der Waals surface area contributed by atoms with E-state index >= 15 is 0 Å². The molecule has 0 unspecified atom stereocenters. The SMILES string of the molecule is Cc1cc(O[C@H]2CC[C@H](C(C)C)CC2)cc2ccccc12. The molecule has 2 aromatic rings. The van der Waals surface area contributed by atoms with Gasteiger partial charge in [0.15, 0.2) is 0 Å². The number of aryl methyl sites for hydroxylation is 1. The molecule has 0 N–H and O–H groups in total. The molecule has 1 nitrogen and oxygen atoms in total. The third-order valence-electron chi connectivity index (χ3n) is 5.01. The average molecular weight is 282 g/mol. The lowest BCUT2D eigenvalue weighted by Crippen LogP contribution is -2.26. The highest BCUT2D eigenvalue weighted by Crippen LogP contribution is 2.33. The molecule has 0 atom stereocenters. The smallest absolute Gasteiger partial charge is 0.120 e. The van der Waals surface area contributed by atoms with Gasteiger partial charge in [-0.1, -0.05) is 38.1 Å². The number of ether oxygens (including phenoxy) is 1. The number of benzene rings is 2. The zero-order chi connectivity index (χ0) is 14.8. The Morgan fingerprint density at radius 3 is 2.43 bits per heavy atom. The summed E-state index contributed by atoms with van der Waals surface area (Å²) < 4.78 is 6.27. The van der Waals surface area contributed by atoms with Crippen LogP contribution >= 0.6 is 0 Å². The second-order valence-electron chi connectivity index (χ2n) is 6.86. The van der Waals surface area contributed by atoms with E-state index in [1.807, 2.05) is 0 Å². The Bertz CT molecular complexity index is 606. The van der Waals surface area contributed by atoms with Crippen LogP contribution < -0.4 is 4.74 Å². The van der Waals surface area contributed by atoms with Crippen molar-refractivity contribution in [2.75, 3.05) is 0 Å². The van der Waals surface area contributed by atoms with Crippen LogP contribution in [-0.4, -0.2) is 6.10 Å². The minimum Gasteiger partial charge on any atom is -0.490 e. The summed E-state index contributed by atoms with van der Waals surface area (Å²) in [6.45, 7) is 6.86. The number of hydrogen-bond donors (Lipinski definition) is 0. The quantitative estimate of drug-likeness (QED) is 0.697. The monoisotopic (exact) mass is 282 g/mol. The first-order valence-corrected chi connectivity index (χ1v) is 8.29. The Balaban J connectivity index is 1.71. The van der Waals surface area contributed by atoms with E-state index in [4.69, 9.17) is 4.74 Å². The number of hydrogen-bond acceptors (Lipinski definition) is 1. The van der Waals surface area contributed by atoms with Crippen LogP contribution in [0.15, 0.2) is 36.4 Å². The Morgan fingerprint density at radius 2 is 1.71 bits per heavy atom. The van der Waals surface area contributed by atoms with Crippen LogP contribution in [0, 0.1) is 18.8 Å². The van der Waals surface area contributed by atoms with Crippen LogP contribution in [0.2, 0.25) is 0 Å². The maximum Gasteiger partial charge on any atom is 0.120 e. The Kier molecular flexibility index (Phi) is 4.19. The zero-order valence-electron chi connectivity index (χ0n) is 13.4. The lowest BCUT2D eigenvalue weighted by molar-refractivity contribution is 0.117. The van der Waals surface area contributed by atoms with E-state index in [2.05, 4.69) is 57.2 Å².